The van der Waals surface area contributed by atoms with Crippen molar-refractivity contribution in [3.63, 3.8) is 0 Å². The lowest BCUT2D eigenvalue weighted by Gasteiger charge is -2.06. The van der Waals surface area contributed by atoms with Crippen LogP contribution in [0.3, 0.4) is 0 Å². The van der Waals surface area contributed by atoms with Crippen molar-refractivity contribution < 1.29 is 19.4 Å². The van der Waals surface area contributed by atoms with Crippen LogP contribution in [0.2, 0.25) is 0 Å². The summed E-state index contributed by atoms with van der Waals surface area (Å²) in [5.41, 5.74) is 1.67. The summed E-state index contributed by atoms with van der Waals surface area (Å²) in [6.45, 7) is 0.571. The Morgan fingerprint density at radius 2 is 1.89 bits per heavy atom. The second-order valence-corrected chi connectivity index (χ2v) is 4.24. The lowest BCUT2D eigenvalue weighted by molar-refractivity contribution is -0.137. The SMILES string of the molecule is COCCCC(=O)Nc1ccc(CCC(=O)O)cc1. The van der Waals surface area contributed by atoms with Crippen molar-refractivity contribution in [3.8, 4) is 0 Å². The second-order valence-electron chi connectivity index (χ2n) is 4.24. The van der Waals surface area contributed by atoms with Crippen LogP contribution < -0.4 is 5.32 Å². The first-order chi connectivity index (χ1) is 9.11. The number of carbonyl (C=O) groups excluding carboxylic acids is 1. The minimum atomic E-state index is -0.810. The lowest BCUT2D eigenvalue weighted by atomic mass is 10.1. The summed E-state index contributed by atoms with van der Waals surface area (Å²) < 4.78 is 4.88. The largest absolute Gasteiger partial charge is 0.481 e. The maximum atomic E-state index is 11.5. The molecule has 0 aliphatic heterocycles. The molecule has 0 saturated carbocycles. The van der Waals surface area contributed by atoms with Gasteiger partial charge in [-0.15, -0.1) is 0 Å². The van der Waals surface area contributed by atoms with E-state index in [1.807, 2.05) is 12.1 Å². The highest BCUT2D eigenvalue weighted by molar-refractivity contribution is 5.90. The molecule has 0 fully saturated rings. The molecule has 0 radical (unpaired) electrons. The molecule has 0 aromatic heterocycles. The van der Waals surface area contributed by atoms with Crippen molar-refractivity contribution in [2.45, 2.75) is 25.7 Å². The van der Waals surface area contributed by atoms with E-state index in [1.54, 1.807) is 19.2 Å². The van der Waals surface area contributed by atoms with Gasteiger partial charge in [-0.05, 0) is 30.5 Å². The molecule has 0 unspecified atom stereocenters. The Bertz CT molecular complexity index is 414. The summed E-state index contributed by atoms with van der Waals surface area (Å²) in [7, 11) is 1.60. The predicted octanol–water partition coefficient (Wildman–Crippen LogP) is 2.07. The number of methoxy groups -OCH3 is 1. The fraction of sp³-hybridized carbons (Fsp3) is 0.429. The number of hydrogen-bond donors (Lipinski definition) is 2. The van der Waals surface area contributed by atoms with Gasteiger partial charge in [-0.1, -0.05) is 12.1 Å². The number of hydrogen-bond acceptors (Lipinski definition) is 3. The summed E-state index contributed by atoms with van der Waals surface area (Å²) in [4.78, 5) is 22.0. The Morgan fingerprint density at radius 1 is 1.21 bits per heavy atom. The number of rotatable bonds is 8. The maximum Gasteiger partial charge on any atom is 0.303 e. The van der Waals surface area contributed by atoms with Crippen LogP contribution in [0.5, 0.6) is 0 Å². The zero-order chi connectivity index (χ0) is 14.1. The zero-order valence-corrected chi connectivity index (χ0v) is 11.0. The topological polar surface area (TPSA) is 75.6 Å². The third kappa shape index (κ3) is 6.57. The highest BCUT2D eigenvalue weighted by Gasteiger charge is 2.03. The van der Waals surface area contributed by atoms with Gasteiger partial charge in [0, 0.05) is 32.2 Å². The van der Waals surface area contributed by atoms with Gasteiger partial charge in [0.15, 0.2) is 0 Å². The molecular formula is C14H19NO4. The number of nitrogens with one attached hydrogen (secondary N) is 1. The molecule has 2 N–H and O–H groups in total. The summed E-state index contributed by atoms with van der Waals surface area (Å²) >= 11 is 0. The maximum absolute atomic E-state index is 11.5. The third-order valence-corrected chi connectivity index (χ3v) is 2.62. The van der Waals surface area contributed by atoms with Crippen molar-refractivity contribution in [2.75, 3.05) is 19.0 Å². The number of anilines is 1. The molecule has 0 aliphatic carbocycles. The van der Waals surface area contributed by atoms with Crippen LogP contribution in [0.15, 0.2) is 24.3 Å². The molecule has 0 bridgehead atoms. The standard InChI is InChI=1S/C14H19NO4/c1-19-10-2-3-13(16)15-12-7-4-11(5-8-12)6-9-14(17)18/h4-5,7-8H,2-3,6,9-10H2,1H3,(H,15,16)(H,17,18). The van der Waals surface area contributed by atoms with Crippen molar-refractivity contribution >= 4 is 17.6 Å². The van der Waals surface area contributed by atoms with Gasteiger partial charge in [-0.25, -0.2) is 0 Å². The monoisotopic (exact) mass is 265 g/mol. The second kappa shape index (κ2) is 8.26. The molecule has 1 amide bonds. The van der Waals surface area contributed by atoms with Gasteiger partial charge in [0.1, 0.15) is 0 Å². The highest BCUT2D eigenvalue weighted by atomic mass is 16.5. The normalized spacial score (nSPS) is 10.2. The number of aryl methyl sites for hydroxylation is 1. The van der Waals surface area contributed by atoms with Crippen LogP contribution in [-0.4, -0.2) is 30.7 Å². The van der Waals surface area contributed by atoms with E-state index >= 15 is 0 Å². The molecular weight excluding hydrogens is 246 g/mol. The molecule has 19 heavy (non-hydrogen) atoms. The molecule has 5 heteroatoms. The number of carbonyl (C=O) groups is 2. The number of carboxylic acid groups (broad SMARTS) is 1. The summed E-state index contributed by atoms with van der Waals surface area (Å²) in [6.07, 6.45) is 1.73. The Balaban J connectivity index is 2.39. The van der Waals surface area contributed by atoms with Gasteiger partial charge < -0.3 is 15.2 Å². The van der Waals surface area contributed by atoms with Gasteiger partial charge in [0.2, 0.25) is 5.91 Å². The van der Waals surface area contributed by atoms with E-state index in [1.165, 1.54) is 0 Å². The fourth-order valence-corrected chi connectivity index (χ4v) is 1.61. The summed E-state index contributed by atoms with van der Waals surface area (Å²) in [5.74, 6) is -0.856. The number of ether oxygens (including phenoxy) is 1. The first-order valence-corrected chi connectivity index (χ1v) is 6.21. The van der Waals surface area contributed by atoms with Crippen molar-refractivity contribution in [1.29, 1.82) is 0 Å². The molecule has 0 aliphatic rings. The molecule has 104 valence electrons. The summed E-state index contributed by atoms with van der Waals surface area (Å²) in [6, 6.07) is 7.22. The Morgan fingerprint density at radius 3 is 2.47 bits per heavy atom. The first-order valence-electron chi connectivity index (χ1n) is 6.21. The number of aliphatic carboxylic acids is 1. The van der Waals surface area contributed by atoms with E-state index in [0.717, 1.165) is 11.3 Å². The van der Waals surface area contributed by atoms with E-state index in [0.29, 0.717) is 25.9 Å². The zero-order valence-electron chi connectivity index (χ0n) is 11.0. The van der Waals surface area contributed by atoms with E-state index < -0.39 is 5.97 Å². The Hall–Kier alpha value is -1.88. The molecule has 0 atom stereocenters. The van der Waals surface area contributed by atoms with Crippen molar-refractivity contribution in [1.82, 2.24) is 0 Å². The van der Waals surface area contributed by atoms with E-state index in [-0.39, 0.29) is 12.3 Å². The molecule has 5 nitrogen and oxygen atoms in total. The van der Waals surface area contributed by atoms with Gasteiger partial charge in [-0.3, -0.25) is 9.59 Å². The highest BCUT2D eigenvalue weighted by Crippen LogP contribution is 2.11. The van der Waals surface area contributed by atoms with Crippen LogP contribution >= 0.6 is 0 Å². The lowest BCUT2D eigenvalue weighted by Crippen LogP contribution is -2.12. The average molecular weight is 265 g/mol. The van der Waals surface area contributed by atoms with Crippen LogP contribution in [0, 0.1) is 0 Å². The van der Waals surface area contributed by atoms with Crippen LogP contribution in [0.25, 0.3) is 0 Å². The van der Waals surface area contributed by atoms with Gasteiger partial charge >= 0.3 is 5.97 Å². The van der Waals surface area contributed by atoms with Crippen LogP contribution in [-0.2, 0) is 20.7 Å². The minimum absolute atomic E-state index is 0.0460. The fourth-order valence-electron chi connectivity index (χ4n) is 1.61. The van der Waals surface area contributed by atoms with E-state index in [9.17, 15) is 9.59 Å². The van der Waals surface area contributed by atoms with E-state index in [2.05, 4.69) is 5.32 Å². The Kier molecular flexibility index (Phi) is 6.60. The predicted molar refractivity (Wildman–Crippen MR) is 72.1 cm³/mol. The molecule has 1 aromatic carbocycles. The average Bonchev–Trinajstić information content (AvgIpc) is 2.38. The number of benzene rings is 1. The van der Waals surface area contributed by atoms with Crippen LogP contribution in [0.4, 0.5) is 5.69 Å². The minimum Gasteiger partial charge on any atom is -0.481 e. The van der Waals surface area contributed by atoms with E-state index in [4.69, 9.17) is 9.84 Å². The van der Waals surface area contributed by atoms with Crippen LogP contribution in [0.1, 0.15) is 24.8 Å². The molecule has 0 heterocycles. The van der Waals surface area contributed by atoms with Gasteiger partial charge in [0.05, 0.1) is 0 Å². The van der Waals surface area contributed by atoms with Gasteiger partial charge in [-0.2, -0.15) is 0 Å². The number of carboxylic acids is 1. The van der Waals surface area contributed by atoms with Crippen molar-refractivity contribution in [3.05, 3.63) is 29.8 Å². The summed E-state index contributed by atoms with van der Waals surface area (Å²) in [5, 5.41) is 11.4. The van der Waals surface area contributed by atoms with Crippen molar-refractivity contribution in [2.24, 2.45) is 0 Å². The molecule has 0 spiro atoms. The Labute approximate surface area is 112 Å². The molecule has 1 rings (SSSR count). The molecule has 0 saturated heterocycles. The van der Waals surface area contributed by atoms with Gasteiger partial charge in [0.25, 0.3) is 0 Å². The first kappa shape index (κ1) is 15.2. The quantitative estimate of drug-likeness (QED) is 0.705. The molecule has 1 aromatic rings. The smallest absolute Gasteiger partial charge is 0.303 e. The third-order valence-electron chi connectivity index (χ3n) is 2.62. The number of amides is 1.